The minimum Gasteiger partial charge on any atom is -0.237 e. The third kappa shape index (κ3) is 1.50. The van der Waals surface area contributed by atoms with Gasteiger partial charge in [0.1, 0.15) is 6.07 Å². The van der Waals surface area contributed by atoms with Crippen LogP contribution in [0, 0.1) is 25.2 Å². The maximum atomic E-state index is 8.88. The molecule has 1 aromatic heterocycles. The van der Waals surface area contributed by atoms with Crippen LogP contribution in [0.25, 0.3) is 5.69 Å². The van der Waals surface area contributed by atoms with Gasteiger partial charge in [-0.05, 0) is 26.0 Å². The first-order valence-corrected chi connectivity index (χ1v) is 4.76. The topological polar surface area (TPSA) is 41.6 Å². The van der Waals surface area contributed by atoms with Gasteiger partial charge in [0.2, 0.25) is 0 Å². The molecule has 0 aliphatic heterocycles. The van der Waals surface area contributed by atoms with Crippen molar-refractivity contribution in [1.82, 2.24) is 9.78 Å². The second-order valence-electron chi connectivity index (χ2n) is 3.42. The first-order chi connectivity index (χ1) is 7.24. The zero-order valence-electron chi connectivity index (χ0n) is 8.73. The van der Waals surface area contributed by atoms with Gasteiger partial charge in [0.25, 0.3) is 0 Å². The molecule has 3 heteroatoms. The van der Waals surface area contributed by atoms with E-state index in [-0.39, 0.29) is 0 Å². The molecular formula is C12H11N3. The zero-order chi connectivity index (χ0) is 10.8. The van der Waals surface area contributed by atoms with E-state index in [1.165, 1.54) is 0 Å². The molecule has 0 radical (unpaired) electrons. The van der Waals surface area contributed by atoms with Gasteiger partial charge >= 0.3 is 0 Å². The molecule has 1 aromatic carbocycles. The predicted octanol–water partition coefficient (Wildman–Crippen LogP) is 2.36. The van der Waals surface area contributed by atoms with Crippen LogP contribution in [0.1, 0.15) is 17.0 Å². The number of aromatic nitrogens is 2. The number of benzene rings is 1. The maximum Gasteiger partial charge on any atom is 0.166 e. The van der Waals surface area contributed by atoms with Crippen molar-refractivity contribution in [2.45, 2.75) is 13.8 Å². The standard InChI is InChI=1S/C12H11N3/c1-9-10(2)15(14-12(9)8-13)11-6-4-3-5-7-11/h3-7H,1-2H3. The molecule has 1 heterocycles. The van der Waals surface area contributed by atoms with E-state index in [0.29, 0.717) is 5.69 Å². The van der Waals surface area contributed by atoms with Crippen LogP contribution >= 0.6 is 0 Å². The molecule has 0 fully saturated rings. The Morgan fingerprint density at radius 2 is 1.87 bits per heavy atom. The lowest BCUT2D eigenvalue weighted by atomic mass is 10.2. The van der Waals surface area contributed by atoms with Crippen molar-refractivity contribution >= 4 is 0 Å². The van der Waals surface area contributed by atoms with Crippen LogP contribution in [0.4, 0.5) is 0 Å². The maximum absolute atomic E-state index is 8.88. The fourth-order valence-electron chi connectivity index (χ4n) is 1.51. The van der Waals surface area contributed by atoms with E-state index in [1.54, 1.807) is 4.68 Å². The highest BCUT2D eigenvalue weighted by Crippen LogP contribution is 2.16. The van der Waals surface area contributed by atoms with Crippen molar-refractivity contribution < 1.29 is 0 Å². The van der Waals surface area contributed by atoms with Crippen LogP contribution in [0.5, 0.6) is 0 Å². The second kappa shape index (κ2) is 3.58. The molecule has 0 amide bonds. The minimum atomic E-state index is 0.497. The van der Waals surface area contributed by atoms with E-state index in [9.17, 15) is 0 Å². The summed E-state index contributed by atoms with van der Waals surface area (Å²) in [4.78, 5) is 0. The fraction of sp³-hybridized carbons (Fsp3) is 0.167. The fourth-order valence-corrected chi connectivity index (χ4v) is 1.51. The largest absolute Gasteiger partial charge is 0.237 e. The van der Waals surface area contributed by atoms with Crippen LogP contribution in [0.15, 0.2) is 30.3 Å². The Balaban J connectivity index is 2.61. The molecule has 0 aliphatic rings. The SMILES string of the molecule is Cc1c(C#N)nn(-c2ccccc2)c1C. The summed E-state index contributed by atoms with van der Waals surface area (Å²) in [6.45, 7) is 3.89. The van der Waals surface area contributed by atoms with Gasteiger partial charge in [0.15, 0.2) is 5.69 Å². The molecule has 0 spiro atoms. The average molecular weight is 197 g/mol. The molecule has 0 atom stereocenters. The van der Waals surface area contributed by atoms with Gasteiger partial charge in [-0.25, -0.2) is 4.68 Å². The van der Waals surface area contributed by atoms with Gasteiger partial charge in [-0.1, -0.05) is 18.2 Å². The van der Waals surface area contributed by atoms with Crippen LogP contribution < -0.4 is 0 Å². The van der Waals surface area contributed by atoms with Crippen molar-refractivity contribution in [2.24, 2.45) is 0 Å². The number of rotatable bonds is 1. The molecule has 0 N–H and O–H groups in total. The van der Waals surface area contributed by atoms with Crippen molar-refractivity contribution in [3.8, 4) is 11.8 Å². The van der Waals surface area contributed by atoms with Gasteiger partial charge in [-0.3, -0.25) is 0 Å². The highest BCUT2D eigenvalue weighted by molar-refractivity contribution is 5.40. The molecule has 0 bridgehead atoms. The summed E-state index contributed by atoms with van der Waals surface area (Å²) in [5.41, 5.74) is 3.44. The van der Waals surface area contributed by atoms with E-state index < -0.39 is 0 Å². The number of para-hydroxylation sites is 1. The van der Waals surface area contributed by atoms with Crippen molar-refractivity contribution in [2.75, 3.05) is 0 Å². The van der Waals surface area contributed by atoms with E-state index in [4.69, 9.17) is 5.26 Å². The number of hydrogen-bond donors (Lipinski definition) is 0. The molecule has 0 unspecified atom stereocenters. The minimum absolute atomic E-state index is 0.497. The molecule has 0 aliphatic carbocycles. The predicted molar refractivity (Wildman–Crippen MR) is 57.8 cm³/mol. The lowest BCUT2D eigenvalue weighted by Crippen LogP contribution is -1.98. The van der Waals surface area contributed by atoms with Crippen LogP contribution in [0.3, 0.4) is 0 Å². The van der Waals surface area contributed by atoms with Gasteiger partial charge < -0.3 is 0 Å². The van der Waals surface area contributed by atoms with Crippen LogP contribution in [-0.2, 0) is 0 Å². The highest BCUT2D eigenvalue weighted by Gasteiger charge is 2.10. The lowest BCUT2D eigenvalue weighted by molar-refractivity contribution is 0.841. The number of nitrogens with zero attached hydrogens (tertiary/aromatic N) is 3. The molecule has 2 aromatic rings. The van der Waals surface area contributed by atoms with E-state index in [0.717, 1.165) is 16.9 Å². The Morgan fingerprint density at radius 1 is 1.20 bits per heavy atom. The Morgan fingerprint density at radius 3 is 2.40 bits per heavy atom. The number of hydrogen-bond acceptors (Lipinski definition) is 2. The lowest BCUT2D eigenvalue weighted by Gasteiger charge is -2.02. The second-order valence-corrected chi connectivity index (χ2v) is 3.42. The molecule has 0 saturated carbocycles. The normalized spacial score (nSPS) is 9.93. The summed E-state index contributed by atoms with van der Waals surface area (Å²) in [6.07, 6.45) is 0. The summed E-state index contributed by atoms with van der Waals surface area (Å²) in [6, 6.07) is 11.9. The molecule has 0 saturated heterocycles. The smallest absolute Gasteiger partial charge is 0.166 e. The van der Waals surface area contributed by atoms with Crippen molar-refractivity contribution in [1.29, 1.82) is 5.26 Å². The van der Waals surface area contributed by atoms with E-state index in [2.05, 4.69) is 11.2 Å². The van der Waals surface area contributed by atoms with Crippen molar-refractivity contribution in [3.05, 3.63) is 47.3 Å². The Labute approximate surface area is 88.6 Å². The third-order valence-corrected chi connectivity index (χ3v) is 2.52. The van der Waals surface area contributed by atoms with E-state index in [1.807, 2.05) is 44.2 Å². The average Bonchev–Trinajstić information content (AvgIpc) is 2.57. The van der Waals surface area contributed by atoms with E-state index >= 15 is 0 Å². The quantitative estimate of drug-likeness (QED) is 0.704. The Bertz CT molecular complexity index is 518. The Kier molecular flexibility index (Phi) is 2.26. The summed E-state index contributed by atoms with van der Waals surface area (Å²) >= 11 is 0. The summed E-state index contributed by atoms with van der Waals surface area (Å²) in [7, 11) is 0. The molecule has 3 nitrogen and oxygen atoms in total. The summed E-state index contributed by atoms with van der Waals surface area (Å²) in [5.74, 6) is 0. The summed E-state index contributed by atoms with van der Waals surface area (Å²) < 4.78 is 1.80. The van der Waals surface area contributed by atoms with Crippen LogP contribution in [0.2, 0.25) is 0 Å². The first-order valence-electron chi connectivity index (χ1n) is 4.76. The summed E-state index contributed by atoms with van der Waals surface area (Å²) in [5, 5.41) is 13.1. The van der Waals surface area contributed by atoms with Gasteiger partial charge in [-0.2, -0.15) is 10.4 Å². The van der Waals surface area contributed by atoms with Gasteiger partial charge in [-0.15, -0.1) is 0 Å². The zero-order valence-corrected chi connectivity index (χ0v) is 8.73. The molecule has 74 valence electrons. The monoisotopic (exact) mass is 197 g/mol. The molecule has 2 rings (SSSR count). The number of nitriles is 1. The van der Waals surface area contributed by atoms with Gasteiger partial charge in [0.05, 0.1) is 5.69 Å². The highest BCUT2D eigenvalue weighted by atomic mass is 15.3. The Hall–Kier alpha value is -2.08. The van der Waals surface area contributed by atoms with Crippen molar-refractivity contribution in [3.63, 3.8) is 0 Å². The van der Waals surface area contributed by atoms with Crippen LogP contribution in [-0.4, -0.2) is 9.78 Å². The van der Waals surface area contributed by atoms with Gasteiger partial charge in [0, 0.05) is 11.3 Å². The third-order valence-electron chi connectivity index (χ3n) is 2.52. The molecule has 15 heavy (non-hydrogen) atoms. The first kappa shape index (κ1) is 9.47. The molecular weight excluding hydrogens is 186 g/mol.